The van der Waals surface area contributed by atoms with E-state index in [1.54, 1.807) is 0 Å². The van der Waals surface area contributed by atoms with Crippen LogP contribution in [0.3, 0.4) is 0 Å². The number of amides is 1. The molecule has 19 heavy (non-hydrogen) atoms. The first kappa shape index (κ1) is 16.3. The maximum Gasteiger partial charge on any atom is 0.240 e. The Morgan fingerprint density at radius 3 is 2.63 bits per heavy atom. The van der Waals surface area contributed by atoms with Crippen LogP contribution in [0.15, 0.2) is 24.3 Å². The SMILES string of the molecule is C[C@@H](NC(=O)C1(N)CCCC1)c1cccc(Cl)c1.Cl. The number of halogens is 2. The fourth-order valence-corrected chi connectivity index (χ4v) is 2.63. The van der Waals surface area contributed by atoms with Crippen molar-refractivity contribution < 1.29 is 4.79 Å². The van der Waals surface area contributed by atoms with Crippen molar-refractivity contribution in [3.05, 3.63) is 34.9 Å². The van der Waals surface area contributed by atoms with E-state index in [0.29, 0.717) is 5.02 Å². The molecule has 1 aromatic rings. The molecule has 2 rings (SSSR count). The Labute approximate surface area is 125 Å². The van der Waals surface area contributed by atoms with Crippen molar-refractivity contribution in [3.63, 3.8) is 0 Å². The lowest BCUT2D eigenvalue weighted by molar-refractivity contribution is -0.126. The fraction of sp³-hybridized carbons (Fsp3) is 0.500. The van der Waals surface area contributed by atoms with Crippen LogP contribution in [0.2, 0.25) is 5.02 Å². The highest BCUT2D eigenvalue weighted by Gasteiger charge is 2.37. The van der Waals surface area contributed by atoms with Gasteiger partial charge in [0.1, 0.15) is 0 Å². The van der Waals surface area contributed by atoms with Crippen LogP contribution < -0.4 is 11.1 Å². The lowest BCUT2D eigenvalue weighted by Gasteiger charge is -2.25. The van der Waals surface area contributed by atoms with Gasteiger partial charge >= 0.3 is 0 Å². The van der Waals surface area contributed by atoms with Crippen LogP contribution in [0.25, 0.3) is 0 Å². The highest BCUT2D eigenvalue weighted by molar-refractivity contribution is 6.30. The summed E-state index contributed by atoms with van der Waals surface area (Å²) in [5.41, 5.74) is 6.44. The van der Waals surface area contributed by atoms with E-state index in [1.165, 1.54) is 0 Å². The van der Waals surface area contributed by atoms with Crippen molar-refractivity contribution in [2.45, 2.75) is 44.2 Å². The Kier molecular flexibility index (Phi) is 5.65. The van der Waals surface area contributed by atoms with Crippen molar-refractivity contribution in [1.29, 1.82) is 0 Å². The van der Waals surface area contributed by atoms with Gasteiger partial charge in [0.15, 0.2) is 0 Å². The molecular formula is C14H20Cl2N2O. The number of rotatable bonds is 3. The summed E-state index contributed by atoms with van der Waals surface area (Å²) in [5.74, 6) is -0.0486. The van der Waals surface area contributed by atoms with Gasteiger partial charge < -0.3 is 11.1 Å². The van der Waals surface area contributed by atoms with Crippen molar-refractivity contribution in [3.8, 4) is 0 Å². The molecule has 1 aliphatic rings. The summed E-state index contributed by atoms with van der Waals surface area (Å²) in [7, 11) is 0. The lowest BCUT2D eigenvalue weighted by Crippen LogP contribution is -2.52. The van der Waals surface area contributed by atoms with Crippen molar-refractivity contribution in [2.24, 2.45) is 5.73 Å². The number of hydrogen-bond acceptors (Lipinski definition) is 2. The Balaban J connectivity index is 0.00000180. The minimum absolute atomic E-state index is 0. The van der Waals surface area contributed by atoms with Gasteiger partial charge in [0, 0.05) is 5.02 Å². The van der Waals surface area contributed by atoms with Crippen LogP contribution in [0.4, 0.5) is 0 Å². The summed E-state index contributed by atoms with van der Waals surface area (Å²) < 4.78 is 0. The topological polar surface area (TPSA) is 55.1 Å². The molecule has 1 atom stereocenters. The second-order valence-electron chi connectivity index (χ2n) is 5.11. The van der Waals surface area contributed by atoms with E-state index >= 15 is 0 Å². The number of benzene rings is 1. The van der Waals surface area contributed by atoms with Gasteiger partial charge in [-0.25, -0.2) is 0 Å². The molecular weight excluding hydrogens is 283 g/mol. The first-order chi connectivity index (χ1) is 8.51. The van der Waals surface area contributed by atoms with E-state index in [1.807, 2.05) is 31.2 Å². The van der Waals surface area contributed by atoms with E-state index in [-0.39, 0.29) is 24.4 Å². The quantitative estimate of drug-likeness (QED) is 0.901. The normalized spacial score (nSPS) is 18.5. The molecule has 3 N–H and O–H groups in total. The monoisotopic (exact) mass is 302 g/mol. The maximum absolute atomic E-state index is 12.2. The predicted octanol–water partition coefficient (Wildman–Crippen LogP) is 3.21. The summed E-state index contributed by atoms with van der Waals surface area (Å²) >= 11 is 5.94. The number of nitrogens with two attached hydrogens (primary N) is 1. The van der Waals surface area contributed by atoms with Gasteiger partial charge in [-0.2, -0.15) is 0 Å². The maximum atomic E-state index is 12.2. The van der Waals surface area contributed by atoms with Gasteiger partial charge in [-0.15, -0.1) is 12.4 Å². The number of nitrogens with one attached hydrogen (secondary N) is 1. The second kappa shape index (κ2) is 6.60. The van der Waals surface area contributed by atoms with Crippen LogP contribution in [0.1, 0.15) is 44.2 Å². The summed E-state index contributed by atoms with van der Waals surface area (Å²) in [4.78, 5) is 12.2. The first-order valence-electron chi connectivity index (χ1n) is 6.36. The van der Waals surface area contributed by atoms with Gasteiger partial charge in [0.25, 0.3) is 0 Å². The highest BCUT2D eigenvalue weighted by atomic mass is 35.5. The predicted molar refractivity (Wildman–Crippen MR) is 80.6 cm³/mol. The summed E-state index contributed by atoms with van der Waals surface area (Å²) in [6, 6.07) is 7.45. The Morgan fingerprint density at radius 1 is 1.42 bits per heavy atom. The van der Waals surface area contributed by atoms with Gasteiger partial charge in [-0.05, 0) is 37.5 Å². The smallest absolute Gasteiger partial charge is 0.240 e. The Bertz CT molecular complexity index is 445. The number of hydrogen-bond donors (Lipinski definition) is 2. The molecule has 0 saturated heterocycles. The molecule has 1 saturated carbocycles. The summed E-state index contributed by atoms with van der Waals surface area (Å²) in [6.07, 6.45) is 3.63. The molecule has 3 nitrogen and oxygen atoms in total. The number of carbonyl (C=O) groups is 1. The molecule has 1 aliphatic carbocycles. The van der Waals surface area contributed by atoms with Crippen molar-refractivity contribution in [1.82, 2.24) is 5.32 Å². The van der Waals surface area contributed by atoms with Crippen LogP contribution in [0, 0.1) is 0 Å². The molecule has 5 heteroatoms. The Hall–Kier alpha value is -0.770. The third kappa shape index (κ3) is 3.85. The molecule has 0 aliphatic heterocycles. The molecule has 0 aromatic heterocycles. The molecule has 0 radical (unpaired) electrons. The molecule has 0 spiro atoms. The molecule has 0 heterocycles. The Morgan fingerprint density at radius 2 is 2.05 bits per heavy atom. The van der Waals surface area contributed by atoms with E-state index in [2.05, 4.69) is 5.32 Å². The van der Waals surface area contributed by atoms with E-state index in [0.717, 1.165) is 31.2 Å². The van der Waals surface area contributed by atoms with E-state index < -0.39 is 5.54 Å². The zero-order valence-corrected chi connectivity index (χ0v) is 12.6. The summed E-state index contributed by atoms with van der Waals surface area (Å²) in [6.45, 7) is 1.95. The third-order valence-corrected chi connectivity index (χ3v) is 3.88. The molecule has 1 aromatic carbocycles. The van der Waals surface area contributed by atoms with Crippen molar-refractivity contribution >= 4 is 29.9 Å². The highest BCUT2D eigenvalue weighted by Crippen LogP contribution is 2.28. The van der Waals surface area contributed by atoms with Gasteiger partial charge in [0.05, 0.1) is 11.6 Å². The molecule has 1 fully saturated rings. The molecule has 0 bridgehead atoms. The zero-order chi connectivity index (χ0) is 13.2. The molecule has 106 valence electrons. The van der Waals surface area contributed by atoms with Gasteiger partial charge in [0.2, 0.25) is 5.91 Å². The summed E-state index contributed by atoms with van der Waals surface area (Å²) in [5, 5.41) is 3.66. The number of carbonyl (C=O) groups excluding carboxylic acids is 1. The van der Waals surface area contributed by atoms with Gasteiger partial charge in [-0.1, -0.05) is 36.6 Å². The molecule has 1 amide bonds. The first-order valence-corrected chi connectivity index (χ1v) is 6.74. The fourth-order valence-electron chi connectivity index (χ4n) is 2.43. The van der Waals surface area contributed by atoms with Crippen LogP contribution in [-0.4, -0.2) is 11.4 Å². The zero-order valence-electron chi connectivity index (χ0n) is 11.0. The van der Waals surface area contributed by atoms with E-state index in [9.17, 15) is 4.79 Å². The molecule has 0 unspecified atom stereocenters. The average Bonchev–Trinajstić information content (AvgIpc) is 2.77. The van der Waals surface area contributed by atoms with Crippen LogP contribution in [0.5, 0.6) is 0 Å². The minimum Gasteiger partial charge on any atom is -0.348 e. The average molecular weight is 303 g/mol. The van der Waals surface area contributed by atoms with Crippen LogP contribution in [-0.2, 0) is 4.79 Å². The van der Waals surface area contributed by atoms with Gasteiger partial charge in [-0.3, -0.25) is 4.79 Å². The second-order valence-corrected chi connectivity index (χ2v) is 5.55. The van der Waals surface area contributed by atoms with E-state index in [4.69, 9.17) is 17.3 Å². The standard InChI is InChI=1S/C14H19ClN2O.ClH/c1-10(11-5-4-6-12(15)9-11)17-13(18)14(16)7-2-3-8-14;/h4-6,9-10H,2-3,7-8,16H2,1H3,(H,17,18);1H/t10-;/m1./s1. The largest absolute Gasteiger partial charge is 0.348 e. The minimum atomic E-state index is -0.674. The van der Waals surface area contributed by atoms with Crippen LogP contribution >= 0.6 is 24.0 Å². The lowest BCUT2D eigenvalue weighted by atomic mass is 9.97. The van der Waals surface area contributed by atoms with Crippen molar-refractivity contribution in [2.75, 3.05) is 0 Å². The third-order valence-electron chi connectivity index (χ3n) is 3.64.